The Hall–Kier alpha value is -1.55. The molecule has 0 spiro atoms. The summed E-state index contributed by atoms with van der Waals surface area (Å²) in [5.41, 5.74) is 11.5. The summed E-state index contributed by atoms with van der Waals surface area (Å²) in [6, 6.07) is 7.45. The molecule has 4 heteroatoms. The lowest BCUT2D eigenvalue weighted by molar-refractivity contribution is -0.120. The number of rotatable bonds is 4. The van der Waals surface area contributed by atoms with Crippen LogP contribution in [0.25, 0.3) is 0 Å². The van der Waals surface area contributed by atoms with Crippen LogP contribution in [0.3, 0.4) is 0 Å². The van der Waals surface area contributed by atoms with Crippen LogP contribution >= 0.6 is 0 Å². The van der Waals surface area contributed by atoms with E-state index in [1.807, 2.05) is 24.3 Å². The van der Waals surface area contributed by atoms with Gasteiger partial charge in [-0.15, -0.1) is 0 Å². The summed E-state index contributed by atoms with van der Waals surface area (Å²) in [7, 11) is 1.61. The topological polar surface area (TPSA) is 78.3 Å². The molecule has 1 aliphatic rings. The fraction of sp³-hybridized carbons (Fsp3) is 0.417. The maximum Gasteiger partial charge on any atom is 0.228 e. The number of carbonyl (C=O) groups excluding carboxylic acids is 1. The molecule has 0 unspecified atom stereocenters. The van der Waals surface area contributed by atoms with Crippen LogP contribution < -0.4 is 16.2 Å². The van der Waals surface area contributed by atoms with Gasteiger partial charge in [-0.25, -0.2) is 0 Å². The molecule has 0 saturated heterocycles. The molecule has 86 valence electrons. The Labute approximate surface area is 94.6 Å². The third kappa shape index (κ3) is 1.46. The number of hydrogen-bond acceptors (Lipinski definition) is 3. The van der Waals surface area contributed by atoms with E-state index in [2.05, 4.69) is 0 Å². The van der Waals surface area contributed by atoms with Crippen LogP contribution in [0.2, 0.25) is 0 Å². The first-order chi connectivity index (χ1) is 7.65. The van der Waals surface area contributed by atoms with Crippen molar-refractivity contribution in [3.8, 4) is 5.75 Å². The van der Waals surface area contributed by atoms with Crippen molar-refractivity contribution in [1.29, 1.82) is 0 Å². The summed E-state index contributed by atoms with van der Waals surface area (Å²) in [6.45, 7) is 0.495. The summed E-state index contributed by atoms with van der Waals surface area (Å²) < 4.78 is 5.08. The monoisotopic (exact) mass is 220 g/mol. The molecule has 1 aromatic carbocycles. The van der Waals surface area contributed by atoms with Crippen LogP contribution in [-0.4, -0.2) is 19.6 Å². The van der Waals surface area contributed by atoms with Gasteiger partial charge >= 0.3 is 0 Å². The van der Waals surface area contributed by atoms with E-state index in [0.717, 1.165) is 17.7 Å². The van der Waals surface area contributed by atoms with E-state index in [1.165, 1.54) is 0 Å². The molecule has 0 aromatic heterocycles. The first-order valence-corrected chi connectivity index (χ1v) is 5.29. The molecule has 1 amide bonds. The van der Waals surface area contributed by atoms with Crippen LogP contribution in [0.1, 0.15) is 12.0 Å². The summed E-state index contributed by atoms with van der Waals surface area (Å²) in [5.74, 6) is 0.667. The second-order valence-electron chi connectivity index (χ2n) is 4.20. The summed E-state index contributed by atoms with van der Waals surface area (Å²) in [5, 5.41) is 0. The average molecular weight is 220 g/mol. The zero-order valence-corrected chi connectivity index (χ0v) is 9.27. The van der Waals surface area contributed by atoms with Crippen molar-refractivity contribution < 1.29 is 9.53 Å². The van der Waals surface area contributed by atoms with Gasteiger partial charge in [-0.1, -0.05) is 12.1 Å². The summed E-state index contributed by atoms with van der Waals surface area (Å²) in [6.07, 6.45) is 0.755. The molecular weight excluding hydrogens is 204 g/mol. The number of carbonyl (C=O) groups is 1. The van der Waals surface area contributed by atoms with Crippen molar-refractivity contribution in [3.63, 3.8) is 0 Å². The first kappa shape index (κ1) is 11.0. The predicted molar refractivity (Wildman–Crippen MR) is 61.0 cm³/mol. The number of ether oxygens (including phenoxy) is 1. The van der Waals surface area contributed by atoms with E-state index < -0.39 is 5.41 Å². The highest BCUT2D eigenvalue weighted by molar-refractivity contribution is 5.90. The maximum atomic E-state index is 11.5. The molecule has 1 fully saturated rings. The smallest absolute Gasteiger partial charge is 0.228 e. The summed E-state index contributed by atoms with van der Waals surface area (Å²) in [4.78, 5) is 11.5. The number of primary amides is 1. The van der Waals surface area contributed by atoms with E-state index >= 15 is 0 Å². The molecular formula is C12H16N2O2. The molecule has 4 nitrogen and oxygen atoms in total. The minimum absolute atomic E-state index is 0.179. The molecule has 2 rings (SSSR count). The molecule has 4 N–H and O–H groups in total. The predicted octanol–water partition coefficient (Wildman–Crippen LogP) is 0.397. The lowest BCUT2D eigenvalue weighted by Crippen LogP contribution is -2.32. The van der Waals surface area contributed by atoms with Gasteiger partial charge in [0.25, 0.3) is 0 Å². The molecule has 16 heavy (non-hydrogen) atoms. The minimum Gasteiger partial charge on any atom is -0.497 e. The first-order valence-electron chi connectivity index (χ1n) is 5.29. The standard InChI is InChI=1S/C12H16N2O2/c1-16-10-4-2-8(3-5-10)12(11(14)15)6-9(12)7-13/h2-5,9H,6-7,13H2,1H3,(H2,14,15)/t9-,12+/m1/s1. The van der Waals surface area contributed by atoms with Crippen LogP contribution in [0.15, 0.2) is 24.3 Å². The average Bonchev–Trinajstić information content (AvgIpc) is 3.05. The van der Waals surface area contributed by atoms with Crippen molar-refractivity contribution in [2.75, 3.05) is 13.7 Å². The normalized spacial score (nSPS) is 27.5. The van der Waals surface area contributed by atoms with Crippen LogP contribution in [0.5, 0.6) is 5.75 Å². The van der Waals surface area contributed by atoms with Gasteiger partial charge in [0.15, 0.2) is 0 Å². The SMILES string of the molecule is COc1ccc([C@@]2(C(N)=O)C[C@@H]2CN)cc1. The van der Waals surface area contributed by atoms with Gasteiger partial charge in [-0.05, 0) is 36.6 Å². The Balaban J connectivity index is 2.31. The molecule has 0 radical (unpaired) electrons. The highest BCUT2D eigenvalue weighted by Crippen LogP contribution is 2.53. The summed E-state index contributed by atoms with van der Waals surface area (Å²) >= 11 is 0. The Morgan fingerprint density at radius 2 is 2.12 bits per heavy atom. The van der Waals surface area contributed by atoms with E-state index in [-0.39, 0.29) is 11.8 Å². The zero-order chi connectivity index (χ0) is 11.8. The highest BCUT2D eigenvalue weighted by atomic mass is 16.5. The van der Waals surface area contributed by atoms with Crippen LogP contribution in [0, 0.1) is 5.92 Å². The van der Waals surface area contributed by atoms with Gasteiger partial charge in [0.05, 0.1) is 12.5 Å². The van der Waals surface area contributed by atoms with E-state index in [4.69, 9.17) is 16.2 Å². The second kappa shape index (κ2) is 3.79. The largest absolute Gasteiger partial charge is 0.497 e. The van der Waals surface area contributed by atoms with E-state index in [9.17, 15) is 4.79 Å². The lowest BCUT2D eigenvalue weighted by atomic mass is 9.92. The molecule has 0 aliphatic heterocycles. The van der Waals surface area contributed by atoms with Gasteiger partial charge in [0, 0.05) is 0 Å². The molecule has 0 heterocycles. The molecule has 1 saturated carbocycles. The van der Waals surface area contributed by atoms with Crippen LogP contribution in [0.4, 0.5) is 0 Å². The second-order valence-corrected chi connectivity index (χ2v) is 4.20. The van der Waals surface area contributed by atoms with Gasteiger partial charge < -0.3 is 16.2 Å². The van der Waals surface area contributed by atoms with Crippen molar-refractivity contribution in [2.24, 2.45) is 17.4 Å². The Morgan fingerprint density at radius 1 is 1.50 bits per heavy atom. The Morgan fingerprint density at radius 3 is 2.50 bits per heavy atom. The van der Waals surface area contributed by atoms with Gasteiger partial charge in [0.1, 0.15) is 5.75 Å². The molecule has 1 aliphatic carbocycles. The fourth-order valence-electron chi connectivity index (χ4n) is 2.30. The zero-order valence-electron chi connectivity index (χ0n) is 9.27. The van der Waals surface area contributed by atoms with Gasteiger partial charge in [0.2, 0.25) is 5.91 Å². The number of amides is 1. The molecule has 0 bridgehead atoms. The van der Waals surface area contributed by atoms with Crippen molar-refractivity contribution in [1.82, 2.24) is 0 Å². The number of benzene rings is 1. The third-order valence-corrected chi connectivity index (χ3v) is 3.43. The number of methoxy groups -OCH3 is 1. The van der Waals surface area contributed by atoms with Crippen molar-refractivity contribution in [2.45, 2.75) is 11.8 Å². The third-order valence-electron chi connectivity index (χ3n) is 3.43. The molecule has 1 aromatic rings. The highest BCUT2D eigenvalue weighted by Gasteiger charge is 2.59. The lowest BCUT2D eigenvalue weighted by Gasteiger charge is -2.14. The van der Waals surface area contributed by atoms with Crippen molar-refractivity contribution >= 4 is 5.91 Å². The quantitative estimate of drug-likeness (QED) is 0.770. The Bertz CT molecular complexity index is 402. The Kier molecular flexibility index (Phi) is 2.59. The molecule has 2 atom stereocenters. The maximum absolute atomic E-state index is 11.5. The minimum atomic E-state index is -0.541. The van der Waals surface area contributed by atoms with Gasteiger partial charge in [-0.2, -0.15) is 0 Å². The number of nitrogens with two attached hydrogens (primary N) is 2. The van der Waals surface area contributed by atoms with Crippen molar-refractivity contribution in [3.05, 3.63) is 29.8 Å². The number of hydrogen-bond donors (Lipinski definition) is 2. The van der Waals surface area contributed by atoms with E-state index in [0.29, 0.717) is 6.54 Å². The fourth-order valence-corrected chi connectivity index (χ4v) is 2.30. The van der Waals surface area contributed by atoms with Crippen LogP contribution in [-0.2, 0) is 10.2 Å². The van der Waals surface area contributed by atoms with Gasteiger partial charge in [-0.3, -0.25) is 4.79 Å². The van der Waals surface area contributed by atoms with E-state index in [1.54, 1.807) is 7.11 Å².